The monoisotopic (exact) mass is 943 g/mol. The molecule has 1 aliphatic carbocycles. The Kier molecular flexibility index (Phi) is 15.2. The first-order chi connectivity index (χ1) is 31.6. The number of Topliss-reactive ketones (excluding diaryl/α,β-unsaturated/α-hetero) is 1. The minimum absolute atomic E-state index is 0.0990. The van der Waals surface area contributed by atoms with Gasteiger partial charge in [-0.3, -0.25) is 9.59 Å². The van der Waals surface area contributed by atoms with Crippen molar-refractivity contribution in [2.75, 3.05) is 53.3 Å². The van der Waals surface area contributed by atoms with Gasteiger partial charge in [0.15, 0.2) is 5.78 Å². The number of fused-ring (bicyclic) bond motifs is 4. The molecule has 66 heavy (non-hydrogen) atoms. The molecule has 342 valence electrons. The van der Waals surface area contributed by atoms with Crippen molar-refractivity contribution in [1.29, 1.82) is 0 Å². The average Bonchev–Trinajstić information content (AvgIpc) is 3.30. The molecule has 5 aromatic carbocycles. The van der Waals surface area contributed by atoms with Crippen LogP contribution in [0.2, 0.25) is 11.5 Å². The van der Waals surface area contributed by atoms with Gasteiger partial charge in [-0.1, -0.05) is 44.2 Å². The van der Waals surface area contributed by atoms with Crippen LogP contribution in [0.4, 0.5) is 5.69 Å². The Labute approximate surface area is 396 Å². The van der Waals surface area contributed by atoms with Crippen LogP contribution in [0.3, 0.4) is 0 Å². The molecule has 1 amide bonds. The fraction of sp³-hybridized carbons (Fsp3) is 0.328. The number of hydrogen-bond acceptors (Lipinski definition) is 5. The number of aryl methyl sites for hydroxylation is 1. The van der Waals surface area contributed by atoms with E-state index in [0.29, 0.717) is 30.7 Å². The number of hydrogen-bond donors (Lipinski definition) is 2. The Morgan fingerprint density at radius 2 is 1.44 bits per heavy atom. The number of amides is 1. The van der Waals surface area contributed by atoms with Crippen molar-refractivity contribution < 1.29 is 18.9 Å². The SMILES string of the molecule is C=C(C)C(=O)CCCCCCc1c2ccccc2c(CNCCCNC(=O)C(=C)C)c2ccc(-c3ccc(OC)c(C4=C5C=CC(=[N+](C)C)C=[C]5[Ge]([CH3])([CH3])[c]5cc(N(C)C)ccc54)c3)cc12. The second-order valence-corrected chi connectivity index (χ2v) is 28.2. The third-order valence-electron chi connectivity index (χ3n) is 13.5. The fourth-order valence-electron chi connectivity index (χ4n) is 9.68. The second kappa shape index (κ2) is 20.8. The number of carbonyl (C=O) groups excluding carboxylic acids is 2. The molecule has 0 saturated carbocycles. The molecular weight excluding hydrogens is 873 g/mol. The second-order valence-electron chi connectivity index (χ2n) is 19.1. The number of methoxy groups -OCH3 is 1. The van der Waals surface area contributed by atoms with E-state index in [9.17, 15) is 9.59 Å². The Balaban J connectivity index is 1.33. The van der Waals surface area contributed by atoms with Crippen molar-refractivity contribution in [1.82, 2.24) is 10.6 Å². The van der Waals surface area contributed by atoms with Crippen LogP contribution in [0.1, 0.15) is 74.6 Å². The van der Waals surface area contributed by atoms with Gasteiger partial charge in [0.25, 0.3) is 0 Å². The number of ether oxygens (including phenoxy) is 1. The van der Waals surface area contributed by atoms with Gasteiger partial charge in [-0.25, -0.2) is 0 Å². The van der Waals surface area contributed by atoms with Crippen LogP contribution in [0.25, 0.3) is 38.2 Å². The van der Waals surface area contributed by atoms with Crippen molar-refractivity contribution >= 4 is 67.9 Å². The van der Waals surface area contributed by atoms with E-state index >= 15 is 0 Å². The van der Waals surface area contributed by atoms with Gasteiger partial charge in [0, 0.05) is 18.5 Å². The molecule has 0 fully saturated rings. The summed E-state index contributed by atoms with van der Waals surface area (Å²) in [5.41, 5.74) is 13.5. The van der Waals surface area contributed by atoms with Crippen LogP contribution >= 0.6 is 0 Å². The molecule has 0 unspecified atom stereocenters. The summed E-state index contributed by atoms with van der Waals surface area (Å²) in [5, 5.41) is 11.7. The zero-order chi connectivity index (χ0) is 47.3. The number of carbonyl (C=O) groups is 2. The summed E-state index contributed by atoms with van der Waals surface area (Å²) in [5.74, 6) is 6.00. The van der Waals surface area contributed by atoms with Crippen LogP contribution in [0.15, 0.2) is 131 Å². The third kappa shape index (κ3) is 10.1. The summed E-state index contributed by atoms with van der Waals surface area (Å²) >= 11 is -2.81. The molecule has 1 aliphatic heterocycles. The maximum atomic E-state index is 12.3. The van der Waals surface area contributed by atoms with Crippen molar-refractivity contribution in [2.24, 2.45) is 0 Å². The summed E-state index contributed by atoms with van der Waals surface area (Å²) in [6.07, 6.45) is 13.4. The molecule has 7 rings (SSSR count). The van der Waals surface area contributed by atoms with Gasteiger partial charge in [-0.2, -0.15) is 0 Å². The first-order valence-corrected chi connectivity index (χ1v) is 29.9. The topological polar surface area (TPSA) is 73.7 Å². The van der Waals surface area contributed by atoms with E-state index in [1.807, 2.05) is 0 Å². The molecule has 0 spiro atoms. The minimum atomic E-state index is -2.81. The molecule has 8 heteroatoms. The number of allylic oxidation sites excluding steroid dienone is 6. The Morgan fingerprint density at radius 1 is 0.742 bits per heavy atom. The fourth-order valence-corrected chi connectivity index (χ4v) is 16.1. The van der Waals surface area contributed by atoms with Gasteiger partial charge in [0.1, 0.15) is 0 Å². The first kappa shape index (κ1) is 48.2. The van der Waals surface area contributed by atoms with Gasteiger partial charge in [-0.15, -0.1) is 0 Å². The average molecular weight is 943 g/mol. The van der Waals surface area contributed by atoms with E-state index in [0.717, 1.165) is 67.5 Å². The molecular formula is C58H69GeN4O3+. The van der Waals surface area contributed by atoms with E-state index in [-0.39, 0.29) is 11.7 Å². The summed E-state index contributed by atoms with van der Waals surface area (Å²) < 4.78 is 11.4. The van der Waals surface area contributed by atoms with Crippen molar-refractivity contribution in [3.05, 3.63) is 154 Å². The summed E-state index contributed by atoms with van der Waals surface area (Å²) in [7, 11) is 10.3. The molecule has 2 aliphatic rings. The predicted octanol–water partition coefficient (Wildman–Crippen LogP) is 11.0. The van der Waals surface area contributed by atoms with Gasteiger partial charge in [-0.05, 0) is 38.8 Å². The number of unbranched alkanes of at least 4 members (excludes halogenated alkanes) is 3. The number of nitrogens with one attached hydrogen (secondary N) is 2. The summed E-state index contributed by atoms with van der Waals surface area (Å²) in [6, 6.07) is 29.7. The molecule has 7 nitrogen and oxygen atoms in total. The zero-order valence-corrected chi connectivity index (χ0v) is 42.9. The van der Waals surface area contributed by atoms with Crippen LogP contribution in [-0.4, -0.2) is 83.6 Å². The molecule has 2 N–H and O–H groups in total. The van der Waals surface area contributed by atoms with E-state index in [1.165, 1.54) is 69.6 Å². The number of nitrogens with zero attached hydrogens (tertiary/aromatic N) is 2. The summed E-state index contributed by atoms with van der Waals surface area (Å²) in [4.78, 5) is 26.6. The number of anilines is 1. The molecule has 0 aromatic heterocycles. The van der Waals surface area contributed by atoms with Crippen LogP contribution in [0, 0.1) is 0 Å². The van der Waals surface area contributed by atoms with Gasteiger partial charge < -0.3 is 10.6 Å². The molecule has 0 atom stereocenters. The molecule has 0 radical (unpaired) electrons. The Hall–Kier alpha value is -5.77. The molecule has 5 aromatic rings. The van der Waals surface area contributed by atoms with Gasteiger partial charge >= 0.3 is 265 Å². The van der Waals surface area contributed by atoms with E-state index in [1.54, 1.807) is 21.0 Å². The number of rotatable bonds is 19. The number of benzene rings is 5. The van der Waals surface area contributed by atoms with Crippen LogP contribution in [0.5, 0.6) is 5.75 Å². The van der Waals surface area contributed by atoms with Crippen LogP contribution < -0.4 is 24.7 Å². The maximum absolute atomic E-state index is 12.3. The number of ketones is 1. The summed E-state index contributed by atoms with van der Waals surface area (Å²) in [6.45, 7) is 13.2. The normalized spacial score (nSPS) is 13.9. The quantitative estimate of drug-likeness (QED) is 0.0284. The van der Waals surface area contributed by atoms with Crippen molar-refractivity contribution in [3.8, 4) is 16.9 Å². The standard InChI is InChI=1S/C58H68GeN4O3/c1-38(2)55(64)22-15-13-12-14-19-45-44-20-16-17-21-46(44)52(37-60-31-18-32-61-58(65)39(3)4)47-27-23-40(33-50(45)47)41-24-30-56(66-11)51(34-41)57-48-28-25-42(62(7)8)35-53(48)59(5,6)54-36-43(63(9)10)26-29-49(54)57/h16-17,20-21,23-30,33-36,60H,1,3,12-15,18-19,22,31-32,37H2,2,4-11H3/p+1. The van der Waals surface area contributed by atoms with Crippen LogP contribution in [-0.2, 0) is 22.6 Å². The molecule has 0 bridgehead atoms. The molecule has 1 heterocycles. The van der Waals surface area contributed by atoms with Crippen molar-refractivity contribution in [2.45, 2.75) is 76.9 Å². The Morgan fingerprint density at radius 3 is 2.14 bits per heavy atom. The van der Waals surface area contributed by atoms with E-state index in [4.69, 9.17) is 4.74 Å². The van der Waals surface area contributed by atoms with Gasteiger partial charge in [0.05, 0.1) is 0 Å². The predicted molar refractivity (Wildman–Crippen MR) is 282 cm³/mol. The zero-order valence-electron chi connectivity index (χ0n) is 40.8. The van der Waals surface area contributed by atoms with E-state index < -0.39 is 13.3 Å². The third-order valence-corrected chi connectivity index (χ3v) is 20.9. The molecule has 0 saturated heterocycles. The first-order valence-electron chi connectivity index (χ1n) is 23.6. The Bertz CT molecular complexity index is 2870. The van der Waals surface area contributed by atoms with Gasteiger partial charge in [0.2, 0.25) is 5.91 Å². The van der Waals surface area contributed by atoms with Crippen molar-refractivity contribution in [3.63, 3.8) is 0 Å². The van der Waals surface area contributed by atoms with E-state index in [2.05, 4.69) is 170 Å².